The lowest BCUT2D eigenvalue weighted by molar-refractivity contribution is -0.123. The first-order valence-electron chi connectivity index (χ1n) is 6.73. The molecule has 1 aliphatic rings. The number of nitrogens with one attached hydrogen (secondary N) is 2. The van der Waals surface area contributed by atoms with Gasteiger partial charge in [0.2, 0.25) is 5.91 Å². The Hall–Kier alpha value is -0.650. The molecule has 1 fully saturated rings. The van der Waals surface area contributed by atoms with Crippen molar-refractivity contribution in [2.75, 3.05) is 33.2 Å². The normalized spacial score (nSPS) is 25.7. The molecule has 1 heterocycles. The number of hydrogen-bond donors (Lipinski definition) is 3. The zero-order valence-corrected chi connectivity index (χ0v) is 12.0. The van der Waals surface area contributed by atoms with Gasteiger partial charge in [-0.05, 0) is 32.9 Å². The average Bonchev–Trinajstić information content (AvgIpc) is 2.63. The molecule has 0 aliphatic carbocycles. The molecule has 0 aromatic rings. The number of aliphatic hydroxyl groups is 1. The lowest BCUT2D eigenvalue weighted by Crippen LogP contribution is -2.47. The lowest BCUT2D eigenvalue weighted by Gasteiger charge is -2.28. The highest BCUT2D eigenvalue weighted by Crippen LogP contribution is 2.15. The Labute approximate surface area is 110 Å². The van der Waals surface area contributed by atoms with E-state index < -0.39 is 5.60 Å². The maximum absolute atomic E-state index is 11.8. The summed E-state index contributed by atoms with van der Waals surface area (Å²) in [6, 6.07) is 0.183. The Morgan fingerprint density at radius 3 is 2.67 bits per heavy atom. The van der Waals surface area contributed by atoms with Gasteiger partial charge in [-0.25, -0.2) is 0 Å². The minimum Gasteiger partial charge on any atom is -0.387 e. The predicted octanol–water partition coefficient (Wildman–Crippen LogP) is -0.197. The second-order valence-corrected chi connectivity index (χ2v) is 5.92. The van der Waals surface area contributed by atoms with Gasteiger partial charge in [-0.3, -0.25) is 9.69 Å². The van der Waals surface area contributed by atoms with E-state index >= 15 is 0 Å². The average molecular weight is 257 g/mol. The van der Waals surface area contributed by atoms with Crippen LogP contribution in [0.25, 0.3) is 0 Å². The fourth-order valence-electron chi connectivity index (χ4n) is 2.14. The second-order valence-electron chi connectivity index (χ2n) is 5.92. The van der Waals surface area contributed by atoms with Crippen LogP contribution in [0.3, 0.4) is 0 Å². The van der Waals surface area contributed by atoms with Crippen LogP contribution >= 0.6 is 0 Å². The van der Waals surface area contributed by atoms with Crippen molar-refractivity contribution in [3.05, 3.63) is 0 Å². The van der Waals surface area contributed by atoms with E-state index in [1.807, 2.05) is 18.9 Å². The van der Waals surface area contributed by atoms with Gasteiger partial charge in [-0.1, -0.05) is 13.8 Å². The van der Waals surface area contributed by atoms with E-state index in [1.165, 1.54) is 0 Å². The Balaban J connectivity index is 2.31. The SMILES string of the molecule is CC(C)C(C)NC(=O)CN(C)CC1(O)CCNC1. The number of carbonyl (C=O) groups excluding carboxylic acids is 1. The molecule has 0 aromatic heterocycles. The highest BCUT2D eigenvalue weighted by atomic mass is 16.3. The van der Waals surface area contributed by atoms with Gasteiger partial charge in [0.15, 0.2) is 0 Å². The molecule has 5 heteroatoms. The van der Waals surface area contributed by atoms with Gasteiger partial charge < -0.3 is 15.7 Å². The molecule has 5 nitrogen and oxygen atoms in total. The summed E-state index contributed by atoms with van der Waals surface area (Å²) in [6.07, 6.45) is 0.751. The van der Waals surface area contributed by atoms with E-state index in [1.54, 1.807) is 0 Å². The lowest BCUT2D eigenvalue weighted by atomic mass is 10.0. The fraction of sp³-hybridized carbons (Fsp3) is 0.923. The maximum Gasteiger partial charge on any atom is 0.234 e. The maximum atomic E-state index is 11.8. The van der Waals surface area contributed by atoms with Crippen molar-refractivity contribution in [2.24, 2.45) is 5.92 Å². The smallest absolute Gasteiger partial charge is 0.234 e. The van der Waals surface area contributed by atoms with Gasteiger partial charge in [-0.15, -0.1) is 0 Å². The summed E-state index contributed by atoms with van der Waals surface area (Å²) in [4.78, 5) is 13.7. The second kappa shape index (κ2) is 6.50. The topological polar surface area (TPSA) is 64.6 Å². The van der Waals surface area contributed by atoms with Gasteiger partial charge in [0, 0.05) is 19.1 Å². The van der Waals surface area contributed by atoms with Gasteiger partial charge in [-0.2, -0.15) is 0 Å². The molecule has 1 saturated heterocycles. The number of carbonyl (C=O) groups is 1. The minimum absolute atomic E-state index is 0.0215. The first kappa shape index (κ1) is 15.4. The van der Waals surface area contributed by atoms with Gasteiger partial charge in [0.25, 0.3) is 0 Å². The molecule has 1 rings (SSSR count). The summed E-state index contributed by atoms with van der Waals surface area (Å²) in [7, 11) is 1.87. The molecule has 0 spiro atoms. The molecule has 0 aromatic carbocycles. The summed E-state index contributed by atoms with van der Waals surface area (Å²) >= 11 is 0. The summed E-state index contributed by atoms with van der Waals surface area (Å²) in [6.45, 7) is 8.51. The Morgan fingerprint density at radius 2 is 2.17 bits per heavy atom. The van der Waals surface area contributed by atoms with Crippen LogP contribution < -0.4 is 10.6 Å². The number of nitrogens with zero attached hydrogens (tertiary/aromatic N) is 1. The van der Waals surface area contributed by atoms with E-state index in [-0.39, 0.29) is 11.9 Å². The molecule has 1 amide bonds. The molecule has 2 atom stereocenters. The summed E-state index contributed by atoms with van der Waals surface area (Å²) in [5, 5.41) is 16.3. The van der Waals surface area contributed by atoms with Crippen LogP contribution in [0.15, 0.2) is 0 Å². The largest absolute Gasteiger partial charge is 0.387 e. The van der Waals surface area contributed by atoms with Gasteiger partial charge >= 0.3 is 0 Å². The van der Waals surface area contributed by atoms with Gasteiger partial charge in [0.1, 0.15) is 0 Å². The molecule has 2 unspecified atom stereocenters. The summed E-state index contributed by atoms with van der Waals surface area (Å²) in [5.41, 5.74) is -0.682. The molecule has 106 valence electrons. The van der Waals surface area contributed by atoms with Crippen LogP contribution in [-0.2, 0) is 4.79 Å². The van der Waals surface area contributed by atoms with E-state index in [0.717, 1.165) is 13.0 Å². The van der Waals surface area contributed by atoms with Crippen molar-refractivity contribution < 1.29 is 9.90 Å². The van der Waals surface area contributed by atoms with Crippen LogP contribution in [0, 0.1) is 5.92 Å². The predicted molar refractivity (Wildman–Crippen MR) is 72.4 cm³/mol. The molecule has 0 bridgehead atoms. The van der Waals surface area contributed by atoms with E-state index in [9.17, 15) is 9.90 Å². The molecule has 1 aliphatic heterocycles. The number of hydrogen-bond acceptors (Lipinski definition) is 4. The number of β-amino-alcohol motifs (C(OH)–C–C–N with tert-alkyl or cyclic N) is 1. The highest BCUT2D eigenvalue weighted by molar-refractivity contribution is 5.78. The van der Waals surface area contributed by atoms with Crippen molar-refractivity contribution in [1.29, 1.82) is 0 Å². The quantitative estimate of drug-likeness (QED) is 0.617. The number of amides is 1. The van der Waals surface area contributed by atoms with Crippen LogP contribution in [-0.4, -0.2) is 60.8 Å². The minimum atomic E-state index is -0.682. The summed E-state index contributed by atoms with van der Waals surface area (Å²) < 4.78 is 0. The van der Waals surface area contributed by atoms with Gasteiger partial charge in [0.05, 0.1) is 12.1 Å². The summed E-state index contributed by atoms with van der Waals surface area (Å²) in [5.74, 6) is 0.454. The van der Waals surface area contributed by atoms with Crippen LogP contribution in [0.4, 0.5) is 0 Å². The zero-order valence-electron chi connectivity index (χ0n) is 12.0. The van der Waals surface area contributed by atoms with E-state index in [2.05, 4.69) is 24.5 Å². The first-order valence-corrected chi connectivity index (χ1v) is 6.73. The van der Waals surface area contributed by atoms with Crippen molar-refractivity contribution in [1.82, 2.24) is 15.5 Å². The molecule has 18 heavy (non-hydrogen) atoms. The number of likely N-dealkylation sites (N-methyl/N-ethyl adjacent to an activating group) is 1. The fourth-order valence-corrected chi connectivity index (χ4v) is 2.14. The van der Waals surface area contributed by atoms with Crippen molar-refractivity contribution >= 4 is 5.91 Å². The third kappa shape index (κ3) is 4.92. The molecular weight excluding hydrogens is 230 g/mol. The molecule has 0 saturated carbocycles. The third-order valence-corrected chi connectivity index (χ3v) is 3.59. The van der Waals surface area contributed by atoms with Crippen molar-refractivity contribution in [3.8, 4) is 0 Å². The Morgan fingerprint density at radius 1 is 1.50 bits per heavy atom. The van der Waals surface area contributed by atoms with Crippen LogP contribution in [0.2, 0.25) is 0 Å². The molecule has 3 N–H and O–H groups in total. The monoisotopic (exact) mass is 257 g/mol. The van der Waals surface area contributed by atoms with Crippen LogP contribution in [0.1, 0.15) is 27.2 Å². The number of rotatable bonds is 6. The first-order chi connectivity index (χ1) is 8.32. The third-order valence-electron chi connectivity index (χ3n) is 3.59. The zero-order chi connectivity index (χ0) is 13.8. The standard InChI is InChI=1S/C13H27N3O2/c1-10(2)11(3)15-12(17)7-16(4)9-13(18)5-6-14-8-13/h10-11,14,18H,5-9H2,1-4H3,(H,15,17). The van der Waals surface area contributed by atoms with Crippen molar-refractivity contribution in [2.45, 2.75) is 38.8 Å². The highest BCUT2D eigenvalue weighted by Gasteiger charge is 2.32. The van der Waals surface area contributed by atoms with Crippen molar-refractivity contribution in [3.63, 3.8) is 0 Å². The Kier molecular flexibility index (Phi) is 5.56. The van der Waals surface area contributed by atoms with E-state index in [0.29, 0.717) is 25.6 Å². The Bertz CT molecular complexity index is 275. The molecular formula is C13H27N3O2. The molecule has 0 radical (unpaired) electrons. The van der Waals surface area contributed by atoms with E-state index in [4.69, 9.17) is 0 Å². The van der Waals surface area contributed by atoms with Crippen LogP contribution in [0.5, 0.6) is 0 Å².